The maximum absolute atomic E-state index is 13.0. The normalized spacial score (nSPS) is 11.5. The molecule has 0 saturated carbocycles. The van der Waals surface area contributed by atoms with Crippen LogP contribution in [0.2, 0.25) is 0 Å². The molecule has 0 aliphatic heterocycles. The van der Waals surface area contributed by atoms with E-state index >= 15 is 0 Å². The van der Waals surface area contributed by atoms with Crippen molar-refractivity contribution >= 4 is 11.9 Å². The molecule has 0 radical (unpaired) electrons. The average Bonchev–Trinajstić information content (AvgIpc) is 2.62. The van der Waals surface area contributed by atoms with E-state index < -0.39 is 23.6 Å². The van der Waals surface area contributed by atoms with Crippen molar-refractivity contribution in [3.05, 3.63) is 59.9 Å². The van der Waals surface area contributed by atoms with Gasteiger partial charge in [0.2, 0.25) is 0 Å². The molecule has 0 aliphatic rings. The quantitative estimate of drug-likeness (QED) is 0.717. The number of hydrogen-bond acceptors (Lipinski definition) is 4. The molecule has 6 nitrogen and oxygen atoms in total. The highest BCUT2D eigenvalue weighted by molar-refractivity contribution is 5.80. The standard InChI is InChI=1S/C19H20FNO5/c1-2-25-16-5-3-4-6-17(16)26-12-18(22)21-11-15(19(23)24)13-7-9-14(20)10-8-13/h3-10,15H,2,11-12H2,1H3,(H,21,22)(H,23,24). The van der Waals surface area contributed by atoms with Crippen molar-refractivity contribution in [2.45, 2.75) is 12.8 Å². The van der Waals surface area contributed by atoms with Gasteiger partial charge in [0, 0.05) is 6.54 Å². The first kappa shape index (κ1) is 19.2. The first-order valence-electron chi connectivity index (χ1n) is 8.10. The summed E-state index contributed by atoms with van der Waals surface area (Å²) >= 11 is 0. The SMILES string of the molecule is CCOc1ccccc1OCC(=O)NCC(C(=O)O)c1ccc(F)cc1. The minimum atomic E-state index is -1.11. The predicted molar refractivity (Wildman–Crippen MR) is 92.9 cm³/mol. The Bertz CT molecular complexity index is 748. The summed E-state index contributed by atoms with van der Waals surface area (Å²) in [5.74, 6) is -2.06. The minimum Gasteiger partial charge on any atom is -0.490 e. The Kier molecular flexibility index (Phi) is 6.96. The van der Waals surface area contributed by atoms with Gasteiger partial charge in [0.05, 0.1) is 12.5 Å². The molecule has 2 N–H and O–H groups in total. The van der Waals surface area contributed by atoms with Gasteiger partial charge in [-0.25, -0.2) is 4.39 Å². The van der Waals surface area contributed by atoms with Crippen molar-refractivity contribution in [3.63, 3.8) is 0 Å². The van der Waals surface area contributed by atoms with Crippen LogP contribution in [0.25, 0.3) is 0 Å². The van der Waals surface area contributed by atoms with Crippen LogP contribution in [0.5, 0.6) is 11.5 Å². The van der Waals surface area contributed by atoms with Crippen molar-refractivity contribution in [1.82, 2.24) is 5.32 Å². The van der Waals surface area contributed by atoms with Crippen LogP contribution in [0.1, 0.15) is 18.4 Å². The highest BCUT2D eigenvalue weighted by Crippen LogP contribution is 2.26. The van der Waals surface area contributed by atoms with E-state index in [9.17, 15) is 19.1 Å². The molecule has 0 fully saturated rings. The molecule has 1 unspecified atom stereocenters. The molecular weight excluding hydrogens is 341 g/mol. The molecule has 0 bridgehead atoms. The van der Waals surface area contributed by atoms with E-state index in [0.29, 0.717) is 23.7 Å². The van der Waals surface area contributed by atoms with Crippen LogP contribution >= 0.6 is 0 Å². The number of rotatable bonds is 9. The molecular formula is C19H20FNO5. The van der Waals surface area contributed by atoms with Gasteiger partial charge in [0.1, 0.15) is 5.82 Å². The Labute approximate surface area is 150 Å². The van der Waals surface area contributed by atoms with E-state index in [0.717, 1.165) is 0 Å². The van der Waals surface area contributed by atoms with Crippen LogP contribution in [0.3, 0.4) is 0 Å². The molecule has 2 aromatic rings. The number of nitrogens with one attached hydrogen (secondary N) is 1. The summed E-state index contributed by atoms with van der Waals surface area (Å²) in [6.07, 6.45) is 0. The third kappa shape index (κ3) is 5.47. The third-order valence-electron chi connectivity index (χ3n) is 3.58. The van der Waals surface area contributed by atoms with Gasteiger partial charge in [0.25, 0.3) is 5.91 Å². The van der Waals surface area contributed by atoms with Crippen molar-refractivity contribution in [2.24, 2.45) is 0 Å². The number of carboxylic acid groups (broad SMARTS) is 1. The van der Waals surface area contributed by atoms with Crippen molar-refractivity contribution in [3.8, 4) is 11.5 Å². The smallest absolute Gasteiger partial charge is 0.312 e. The molecule has 0 spiro atoms. The third-order valence-corrected chi connectivity index (χ3v) is 3.58. The number of ether oxygens (including phenoxy) is 2. The Morgan fingerprint density at radius 2 is 1.69 bits per heavy atom. The fourth-order valence-electron chi connectivity index (χ4n) is 2.30. The zero-order valence-corrected chi connectivity index (χ0v) is 14.3. The Morgan fingerprint density at radius 3 is 2.27 bits per heavy atom. The summed E-state index contributed by atoms with van der Waals surface area (Å²) in [7, 11) is 0. The number of para-hydroxylation sites is 2. The van der Waals surface area contributed by atoms with E-state index in [4.69, 9.17) is 9.47 Å². The van der Waals surface area contributed by atoms with Crippen LogP contribution in [0.4, 0.5) is 4.39 Å². The molecule has 26 heavy (non-hydrogen) atoms. The number of benzene rings is 2. The Morgan fingerprint density at radius 1 is 1.08 bits per heavy atom. The molecule has 0 heterocycles. The summed E-state index contributed by atoms with van der Waals surface area (Å²) in [5.41, 5.74) is 0.404. The van der Waals surface area contributed by atoms with E-state index in [-0.39, 0.29) is 13.2 Å². The number of carbonyl (C=O) groups is 2. The van der Waals surface area contributed by atoms with Gasteiger partial charge in [-0.1, -0.05) is 24.3 Å². The van der Waals surface area contributed by atoms with Gasteiger partial charge in [-0.3, -0.25) is 9.59 Å². The summed E-state index contributed by atoms with van der Waals surface area (Å²) in [6, 6.07) is 12.1. The summed E-state index contributed by atoms with van der Waals surface area (Å²) < 4.78 is 23.8. The van der Waals surface area contributed by atoms with Crippen LogP contribution < -0.4 is 14.8 Å². The highest BCUT2D eigenvalue weighted by Gasteiger charge is 2.21. The molecule has 0 aliphatic carbocycles. The van der Waals surface area contributed by atoms with Crippen LogP contribution in [0, 0.1) is 5.82 Å². The van der Waals surface area contributed by atoms with Gasteiger partial charge in [-0.15, -0.1) is 0 Å². The van der Waals surface area contributed by atoms with E-state index in [1.54, 1.807) is 24.3 Å². The number of amides is 1. The lowest BCUT2D eigenvalue weighted by Crippen LogP contribution is -2.34. The number of hydrogen-bond donors (Lipinski definition) is 2. The van der Waals surface area contributed by atoms with Gasteiger partial charge < -0.3 is 19.9 Å². The highest BCUT2D eigenvalue weighted by atomic mass is 19.1. The molecule has 2 aromatic carbocycles. The Hall–Kier alpha value is -3.09. The zero-order chi connectivity index (χ0) is 18.9. The van der Waals surface area contributed by atoms with E-state index in [1.807, 2.05) is 6.92 Å². The van der Waals surface area contributed by atoms with Gasteiger partial charge in [-0.2, -0.15) is 0 Å². The van der Waals surface area contributed by atoms with Crippen molar-refractivity contribution in [2.75, 3.05) is 19.8 Å². The summed E-state index contributed by atoms with van der Waals surface area (Å²) in [6.45, 7) is 1.89. The van der Waals surface area contributed by atoms with Crippen LogP contribution in [-0.2, 0) is 9.59 Å². The monoisotopic (exact) mass is 361 g/mol. The summed E-state index contributed by atoms with van der Waals surface area (Å²) in [5, 5.41) is 11.8. The predicted octanol–water partition coefficient (Wildman–Crippen LogP) is 2.59. The van der Waals surface area contributed by atoms with Crippen LogP contribution in [0.15, 0.2) is 48.5 Å². The topological polar surface area (TPSA) is 84.9 Å². The maximum Gasteiger partial charge on any atom is 0.312 e. The van der Waals surface area contributed by atoms with E-state index in [2.05, 4.69) is 5.32 Å². The summed E-state index contributed by atoms with van der Waals surface area (Å²) in [4.78, 5) is 23.4. The van der Waals surface area contributed by atoms with Crippen LogP contribution in [-0.4, -0.2) is 36.7 Å². The fourth-order valence-corrected chi connectivity index (χ4v) is 2.30. The lowest BCUT2D eigenvalue weighted by molar-refractivity contribution is -0.138. The second-order valence-electron chi connectivity index (χ2n) is 5.41. The number of carbonyl (C=O) groups excluding carboxylic acids is 1. The molecule has 138 valence electrons. The molecule has 0 aromatic heterocycles. The molecule has 0 saturated heterocycles. The molecule has 7 heteroatoms. The largest absolute Gasteiger partial charge is 0.490 e. The number of halogens is 1. The lowest BCUT2D eigenvalue weighted by Gasteiger charge is -2.15. The number of carboxylic acids is 1. The van der Waals surface area contributed by atoms with E-state index in [1.165, 1.54) is 24.3 Å². The minimum absolute atomic E-state index is 0.129. The first-order valence-corrected chi connectivity index (χ1v) is 8.10. The van der Waals surface area contributed by atoms with Gasteiger partial charge in [-0.05, 0) is 36.8 Å². The zero-order valence-electron chi connectivity index (χ0n) is 14.3. The number of aliphatic carboxylic acids is 1. The molecule has 1 amide bonds. The van der Waals surface area contributed by atoms with Gasteiger partial charge >= 0.3 is 5.97 Å². The second kappa shape index (κ2) is 9.41. The lowest BCUT2D eigenvalue weighted by atomic mass is 9.99. The first-order chi connectivity index (χ1) is 12.5. The fraction of sp³-hybridized carbons (Fsp3) is 0.263. The van der Waals surface area contributed by atoms with Crippen molar-refractivity contribution in [1.29, 1.82) is 0 Å². The van der Waals surface area contributed by atoms with Gasteiger partial charge in [0.15, 0.2) is 18.1 Å². The molecule has 2 rings (SSSR count). The van der Waals surface area contributed by atoms with Crippen molar-refractivity contribution < 1.29 is 28.6 Å². The Balaban J connectivity index is 1.90. The average molecular weight is 361 g/mol. The maximum atomic E-state index is 13.0. The molecule has 1 atom stereocenters. The second-order valence-corrected chi connectivity index (χ2v) is 5.41.